The van der Waals surface area contributed by atoms with Gasteiger partial charge in [-0.3, -0.25) is 0 Å². The highest BCUT2D eigenvalue weighted by atomic mass is 15.0. The van der Waals surface area contributed by atoms with Gasteiger partial charge in [-0.05, 0) is 55.2 Å². The molecule has 0 saturated heterocycles. The third-order valence-electron chi connectivity index (χ3n) is 3.87. The largest absolute Gasteiger partial charge is 0.330 e. The van der Waals surface area contributed by atoms with Crippen LogP contribution in [0.1, 0.15) is 30.4 Å². The Labute approximate surface area is 128 Å². The third kappa shape index (κ3) is 4.42. The van der Waals surface area contributed by atoms with Gasteiger partial charge in [0.15, 0.2) is 0 Å². The lowest BCUT2D eigenvalue weighted by Crippen LogP contribution is -2.10. The Balaban J connectivity index is 2.11. The van der Waals surface area contributed by atoms with Gasteiger partial charge in [-0.25, -0.2) is 0 Å². The predicted octanol–water partition coefficient (Wildman–Crippen LogP) is 3.87. The lowest BCUT2D eigenvalue weighted by molar-refractivity contribution is 0.402. The van der Waals surface area contributed by atoms with Crippen molar-refractivity contribution in [3.8, 4) is 11.1 Å². The van der Waals surface area contributed by atoms with Crippen LogP contribution in [0.15, 0.2) is 48.5 Å². The van der Waals surface area contributed by atoms with E-state index in [1.807, 2.05) is 0 Å². The first-order valence-corrected chi connectivity index (χ1v) is 7.64. The van der Waals surface area contributed by atoms with E-state index in [-0.39, 0.29) is 0 Å². The average Bonchev–Trinajstić information content (AvgIpc) is 2.48. The van der Waals surface area contributed by atoms with Crippen LogP contribution in [0.3, 0.4) is 0 Å². The monoisotopic (exact) mass is 282 g/mol. The second-order valence-corrected chi connectivity index (χ2v) is 6.04. The minimum absolute atomic E-state index is 0.534. The molecule has 21 heavy (non-hydrogen) atoms. The Kier molecular flexibility index (Phi) is 5.54. The first kappa shape index (κ1) is 15.7. The van der Waals surface area contributed by atoms with Crippen molar-refractivity contribution >= 4 is 0 Å². The highest BCUT2D eigenvalue weighted by Crippen LogP contribution is 2.24. The molecule has 0 aliphatic heterocycles. The topological polar surface area (TPSA) is 29.3 Å². The summed E-state index contributed by atoms with van der Waals surface area (Å²) in [7, 11) is 4.18. The SMILES string of the molecule is CC(CCN)c1ccc(-c2ccc(CN(C)C)cc2)cc1. The van der Waals surface area contributed by atoms with E-state index in [1.54, 1.807) is 0 Å². The summed E-state index contributed by atoms with van der Waals surface area (Å²) in [4.78, 5) is 2.18. The van der Waals surface area contributed by atoms with Crippen LogP contribution in [0.2, 0.25) is 0 Å². The van der Waals surface area contributed by atoms with Gasteiger partial charge in [0, 0.05) is 6.54 Å². The van der Waals surface area contributed by atoms with Crippen LogP contribution in [-0.4, -0.2) is 25.5 Å². The summed E-state index contributed by atoms with van der Waals surface area (Å²) in [6.07, 6.45) is 1.04. The van der Waals surface area contributed by atoms with E-state index in [0.29, 0.717) is 5.92 Å². The van der Waals surface area contributed by atoms with Crippen LogP contribution in [0.5, 0.6) is 0 Å². The highest BCUT2D eigenvalue weighted by Gasteiger charge is 2.05. The fourth-order valence-electron chi connectivity index (χ4n) is 2.59. The van der Waals surface area contributed by atoms with Crippen LogP contribution >= 0.6 is 0 Å². The molecule has 0 bridgehead atoms. The summed E-state index contributed by atoms with van der Waals surface area (Å²) in [6.45, 7) is 3.96. The molecule has 0 amide bonds. The standard InChI is InChI=1S/C19H26N2/c1-15(12-13-20)17-8-10-19(11-9-17)18-6-4-16(5-7-18)14-21(2)3/h4-11,15H,12-14,20H2,1-3H3. The molecule has 2 heteroatoms. The van der Waals surface area contributed by atoms with E-state index in [2.05, 4.69) is 74.4 Å². The molecule has 1 atom stereocenters. The number of rotatable bonds is 6. The second-order valence-electron chi connectivity index (χ2n) is 6.04. The van der Waals surface area contributed by atoms with Gasteiger partial charge in [0.2, 0.25) is 0 Å². The summed E-state index contributed by atoms with van der Waals surface area (Å²) in [5.74, 6) is 0.534. The summed E-state index contributed by atoms with van der Waals surface area (Å²) in [6, 6.07) is 17.7. The molecule has 2 rings (SSSR count). The van der Waals surface area contributed by atoms with Gasteiger partial charge in [-0.1, -0.05) is 55.5 Å². The van der Waals surface area contributed by atoms with E-state index in [9.17, 15) is 0 Å². The first-order chi connectivity index (χ1) is 10.1. The maximum Gasteiger partial charge on any atom is 0.0227 e. The molecule has 0 saturated carbocycles. The molecule has 0 fully saturated rings. The van der Waals surface area contributed by atoms with Crippen molar-refractivity contribution in [1.29, 1.82) is 0 Å². The molecule has 112 valence electrons. The highest BCUT2D eigenvalue weighted by molar-refractivity contribution is 5.64. The van der Waals surface area contributed by atoms with Crippen molar-refractivity contribution in [1.82, 2.24) is 4.90 Å². The molecule has 0 spiro atoms. The first-order valence-electron chi connectivity index (χ1n) is 7.64. The van der Waals surface area contributed by atoms with Gasteiger partial charge in [-0.15, -0.1) is 0 Å². The van der Waals surface area contributed by atoms with Crippen molar-refractivity contribution in [2.24, 2.45) is 5.73 Å². The van der Waals surface area contributed by atoms with E-state index < -0.39 is 0 Å². The van der Waals surface area contributed by atoms with Crippen molar-refractivity contribution < 1.29 is 0 Å². The smallest absolute Gasteiger partial charge is 0.0227 e. The number of benzene rings is 2. The second kappa shape index (κ2) is 7.39. The number of nitrogens with zero attached hydrogens (tertiary/aromatic N) is 1. The molecular formula is C19H26N2. The fourth-order valence-corrected chi connectivity index (χ4v) is 2.59. The minimum Gasteiger partial charge on any atom is -0.330 e. The molecule has 0 aliphatic rings. The van der Waals surface area contributed by atoms with Crippen molar-refractivity contribution in [3.63, 3.8) is 0 Å². The van der Waals surface area contributed by atoms with Crippen LogP contribution in [0.25, 0.3) is 11.1 Å². The van der Waals surface area contributed by atoms with Crippen LogP contribution in [0.4, 0.5) is 0 Å². The molecule has 2 nitrogen and oxygen atoms in total. The van der Waals surface area contributed by atoms with Gasteiger partial charge in [-0.2, -0.15) is 0 Å². The Morgan fingerprint density at radius 1 is 0.905 bits per heavy atom. The molecule has 0 heterocycles. The van der Waals surface area contributed by atoms with E-state index in [4.69, 9.17) is 5.73 Å². The van der Waals surface area contributed by atoms with Gasteiger partial charge >= 0.3 is 0 Å². The molecule has 0 radical (unpaired) electrons. The normalized spacial score (nSPS) is 12.6. The average molecular weight is 282 g/mol. The van der Waals surface area contributed by atoms with Gasteiger partial charge in [0.25, 0.3) is 0 Å². The molecule has 2 aromatic rings. The minimum atomic E-state index is 0.534. The molecular weight excluding hydrogens is 256 g/mol. The summed E-state index contributed by atoms with van der Waals surface area (Å²) >= 11 is 0. The summed E-state index contributed by atoms with van der Waals surface area (Å²) in [5.41, 5.74) is 10.9. The lowest BCUT2D eigenvalue weighted by atomic mass is 9.95. The van der Waals surface area contributed by atoms with Crippen molar-refractivity contribution in [2.45, 2.75) is 25.8 Å². The van der Waals surface area contributed by atoms with Crippen LogP contribution < -0.4 is 5.73 Å². The maximum absolute atomic E-state index is 5.63. The maximum atomic E-state index is 5.63. The molecule has 1 unspecified atom stereocenters. The van der Waals surface area contributed by atoms with Crippen molar-refractivity contribution in [3.05, 3.63) is 59.7 Å². The quantitative estimate of drug-likeness (QED) is 0.871. The van der Waals surface area contributed by atoms with Crippen LogP contribution in [0, 0.1) is 0 Å². The molecule has 0 aromatic heterocycles. The van der Waals surface area contributed by atoms with Gasteiger partial charge < -0.3 is 10.6 Å². The molecule has 2 aromatic carbocycles. The van der Waals surface area contributed by atoms with Gasteiger partial charge in [0.1, 0.15) is 0 Å². The molecule has 0 aliphatic carbocycles. The number of hydrogen-bond donors (Lipinski definition) is 1. The number of nitrogens with two attached hydrogens (primary N) is 1. The Morgan fingerprint density at radius 2 is 1.43 bits per heavy atom. The molecule has 2 N–H and O–H groups in total. The predicted molar refractivity (Wildman–Crippen MR) is 91.4 cm³/mol. The summed E-state index contributed by atoms with van der Waals surface area (Å²) < 4.78 is 0. The van der Waals surface area contributed by atoms with Gasteiger partial charge in [0.05, 0.1) is 0 Å². The number of hydrogen-bond acceptors (Lipinski definition) is 2. The van der Waals surface area contributed by atoms with Crippen molar-refractivity contribution in [2.75, 3.05) is 20.6 Å². The summed E-state index contributed by atoms with van der Waals surface area (Å²) in [5, 5.41) is 0. The Bertz CT molecular complexity index is 541. The zero-order chi connectivity index (χ0) is 15.2. The zero-order valence-electron chi connectivity index (χ0n) is 13.3. The van der Waals surface area contributed by atoms with E-state index >= 15 is 0 Å². The third-order valence-corrected chi connectivity index (χ3v) is 3.87. The fraction of sp³-hybridized carbons (Fsp3) is 0.368. The lowest BCUT2D eigenvalue weighted by Gasteiger charge is -2.12. The Hall–Kier alpha value is -1.64. The zero-order valence-corrected chi connectivity index (χ0v) is 13.3. The van der Waals surface area contributed by atoms with E-state index in [1.165, 1.54) is 22.3 Å². The van der Waals surface area contributed by atoms with Crippen LogP contribution in [-0.2, 0) is 6.54 Å². The van der Waals surface area contributed by atoms with E-state index in [0.717, 1.165) is 19.5 Å². The Morgan fingerprint density at radius 3 is 1.90 bits per heavy atom.